The van der Waals surface area contributed by atoms with Crippen molar-refractivity contribution in [1.29, 1.82) is 0 Å². The van der Waals surface area contributed by atoms with Gasteiger partial charge in [0.05, 0.1) is 0 Å². The molecular weight excluding hydrogens is 200 g/mol. The van der Waals surface area contributed by atoms with Gasteiger partial charge in [0.1, 0.15) is 6.61 Å². The molecule has 0 atom stereocenters. The molecule has 2 heteroatoms. The maximum absolute atomic E-state index is 10.1. The number of rotatable bonds is 6. The van der Waals surface area contributed by atoms with E-state index >= 15 is 0 Å². The van der Waals surface area contributed by atoms with Crippen molar-refractivity contribution in [1.82, 2.24) is 0 Å². The third-order valence-corrected chi connectivity index (χ3v) is 3.00. The lowest BCUT2D eigenvalue weighted by Crippen LogP contribution is -2.04. The van der Waals surface area contributed by atoms with Crippen molar-refractivity contribution >= 4 is 6.47 Å². The van der Waals surface area contributed by atoms with E-state index in [4.69, 9.17) is 4.74 Å². The van der Waals surface area contributed by atoms with E-state index in [2.05, 4.69) is 32.9 Å². The topological polar surface area (TPSA) is 26.3 Å². The van der Waals surface area contributed by atoms with E-state index in [1.54, 1.807) is 0 Å². The molecule has 1 radical (unpaired) electrons. The van der Waals surface area contributed by atoms with Crippen molar-refractivity contribution < 1.29 is 9.53 Å². The van der Waals surface area contributed by atoms with E-state index in [9.17, 15) is 4.79 Å². The molecule has 0 bridgehead atoms. The summed E-state index contributed by atoms with van der Waals surface area (Å²) in [5, 5.41) is 0. The van der Waals surface area contributed by atoms with Gasteiger partial charge in [-0.05, 0) is 41.5 Å². The van der Waals surface area contributed by atoms with E-state index in [1.807, 2.05) is 0 Å². The van der Waals surface area contributed by atoms with Crippen LogP contribution in [0.1, 0.15) is 43.0 Å². The van der Waals surface area contributed by atoms with Crippen LogP contribution in [0.15, 0.2) is 12.1 Å². The van der Waals surface area contributed by atoms with Crippen LogP contribution in [0.2, 0.25) is 0 Å². The van der Waals surface area contributed by atoms with Gasteiger partial charge in [-0.3, -0.25) is 0 Å². The fraction of sp³-hybridized carbons (Fsp3) is 0.500. The molecule has 0 amide bonds. The van der Waals surface area contributed by atoms with E-state index in [-0.39, 0.29) is 0 Å². The summed E-state index contributed by atoms with van der Waals surface area (Å²) < 4.78 is 4.73. The average molecular weight is 219 g/mol. The molecule has 0 unspecified atom stereocenters. The van der Waals surface area contributed by atoms with Crippen LogP contribution in [0, 0.1) is 0 Å². The van der Waals surface area contributed by atoms with Gasteiger partial charge in [-0.2, -0.15) is 0 Å². The average Bonchev–Trinajstić information content (AvgIpc) is 2.34. The van der Waals surface area contributed by atoms with Crippen LogP contribution < -0.4 is 0 Å². The third-order valence-electron chi connectivity index (χ3n) is 3.00. The minimum absolute atomic E-state index is 0.337. The second-order valence-electron chi connectivity index (χ2n) is 3.77. The van der Waals surface area contributed by atoms with Crippen molar-refractivity contribution in [3.63, 3.8) is 0 Å². The molecule has 0 N–H and O–H groups in total. The molecule has 1 aromatic rings. The number of carbonyl (C=O) groups excluding carboxylic acids is 1. The van der Waals surface area contributed by atoms with Crippen LogP contribution >= 0.6 is 0 Å². The Morgan fingerprint density at radius 2 is 1.56 bits per heavy atom. The Balaban J connectivity index is 3.14. The van der Waals surface area contributed by atoms with Crippen molar-refractivity contribution in [3.8, 4) is 0 Å². The number of benzene rings is 1. The van der Waals surface area contributed by atoms with Crippen molar-refractivity contribution in [2.24, 2.45) is 0 Å². The van der Waals surface area contributed by atoms with Gasteiger partial charge >= 0.3 is 6.47 Å². The molecule has 1 rings (SSSR count). The van der Waals surface area contributed by atoms with Crippen LogP contribution in [-0.4, -0.2) is 6.47 Å². The third kappa shape index (κ3) is 2.63. The molecule has 0 aliphatic carbocycles. The van der Waals surface area contributed by atoms with Gasteiger partial charge in [0.15, 0.2) is 0 Å². The summed E-state index contributed by atoms with van der Waals surface area (Å²) in [7, 11) is 0. The van der Waals surface area contributed by atoms with Crippen molar-refractivity contribution in [3.05, 3.63) is 34.4 Å². The Kier molecular flexibility index (Phi) is 5.03. The predicted octanol–water partition coefficient (Wildman–Crippen LogP) is 2.96. The van der Waals surface area contributed by atoms with E-state index in [0.717, 1.165) is 24.8 Å². The SMILES string of the molecule is CCc1ccc(CO[C]=O)c(CC)c1CC. The molecule has 0 spiro atoms. The molecule has 0 saturated heterocycles. The molecule has 0 aliphatic heterocycles. The van der Waals surface area contributed by atoms with Crippen LogP contribution in [0.25, 0.3) is 0 Å². The zero-order valence-electron chi connectivity index (χ0n) is 10.3. The van der Waals surface area contributed by atoms with Crippen LogP contribution in [0.4, 0.5) is 0 Å². The molecular formula is C14H19O2. The predicted molar refractivity (Wildman–Crippen MR) is 65.1 cm³/mol. The molecule has 2 nitrogen and oxygen atoms in total. The minimum Gasteiger partial charge on any atom is -0.452 e. The van der Waals surface area contributed by atoms with Gasteiger partial charge in [0.2, 0.25) is 0 Å². The molecule has 0 heterocycles. The first kappa shape index (κ1) is 12.8. The largest absolute Gasteiger partial charge is 0.452 e. The van der Waals surface area contributed by atoms with E-state index in [1.165, 1.54) is 23.2 Å². The van der Waals surface area contributed by atoms with Crippen molar-refractivity contribution in [2.45, 2.75) is 46.6 Å². The molecule has 0 aliphatic rings. The maximum Gasteiger partial charge on any atom is 0.417 e. The van der Waals surface area contributed by atoms with Crippen LogP contribution in [0.5, 0.6) is 0 Å². The Hall–Kier alpha value is -1.31. The number of aryl methyl sites for hydroxylation is 1. The summed E-state index contributed by atoms with van der Waals surface area (Å²) in [6.07, 6.45) is 3.07. The smallest absolute Gasteiger partial charge is 0.417 e. The van der Waals surface area contributed by atoms with Crippen LogP contribution in [-0.2, 0) is 35.4 Å². The summed E-state index contributed by atoms with van der Waals surface area (Å²) in [5.74, 6) is 0. The highest BCUT2D eigenvalue weighted by Gasteiger charge is 2.09. The Morgan fingerprint density at radius 1 is 1.00 bits per heavy atom. The van der Waals surface area contributed by atoms with Crippen LogP contribution in [0.3, 0.4) is 0 Å². The van der Waals surface area contributed by atoms with Gasteiger partial charge in [0, 0.05) is 0 Å². The molecule has 16 heavy (non-hydrogen) atoms. The van der Waals surface area contributed by atoms with Gasteiger partial charge in [0.25, 0.3) is 0 Å². The Labute approximate surface area is 97.6 Å². The molecule has 87 valence electrons. The normalized spacial score (nSPS) is 10.2. The fourth-order valence-corrected chi connectivity index (χ4v) is 2.24. The fourth-order valence-electron chi connectivity index (χ4n) is 2.24. The highest BCUT2D eigenvalue weighted by atomic mass is 16.5. The summed E-state index contributed by atoms with van der Waals surface area (Å²) in [6.45, 7) is 8.30. The minimum atomic E-state index is 0.337. The van der Waals surface area contributed by atoms with E-state index in [0.29, 0.717) is 6.61 Å². The highest BCUT2D eigenvalue weighted by molar-refractivity contribution is 5.43. The zero-order chi connectivity index (χ0) is 12.0. The molecule has 0 aromatic heterocycles. The maximum atomic E-state index is 10.1. The van der Waals surface area contributed by atoms with Gasteiger partial charge in [-0.1, -0.05) is 32.9 Å². The molecule has 1 aromatic carbocycles. The summed E-state index contributed by atoms with van der Waals surface area (Å²) in [5.41, 5.74) is 5.26. The van der Waals surface area contributed by atoms with E-state index < -0.39 is 0 Å². The zero-order valence-corrected chi connectivity index (χ0v) is 10.3. The Bertz CT molecular complexity index is 356. The number of ether oxygens (including phenoxy) is 1. The van der Waals surface area contributed by atoms with Gasteiger partial charge in [-0.15, -0.1) is 0 Å². The second kappa shape index (κ2) is 6.31. The van der Waals surface area contributed by atoms with Crippen molar-refractivity contribution in [2.75, 3.05) is 0 Å². The molecule has 0 saturated carbocycles. The lowest BCUT2D eigenvalue weighted by molar-refractivity contribution is 0.266. The first-order valence-corrected chi connectivity index (χ1v) is 5.89. The summed E-state index contributed by atoms with van der Waals surface area (Å²) in [4.78, 5) is 10.1. The second-order valence-corrected chi connectivity index (χ2v) is 3.77. The number of hydrogen-bond donors (Lipinski definition) is 0. The first-order chi connectivity index (χ1) is 7.78. The van der Waals surface area contributed by atoms with Gasteiger partial charge < -0.3 is 4.74 Å². The molecule has 0 fully saturated rings. The summed E-state index contributed by atoms with van der Waals surface area (Å²) >= 11 is 0. The lowest BCUT2D eigenvalue weighted by Gasteiger charge is -2.15. The number of hydrogen-bond acceptors (Lipinski definition) is 2. The standard InChI is InChI=1S/C14H19O2/c1-4-11-7-8-12(9-16-10-15)14(6-3)13(11)5-2/h7-8H,4-6,9H2,1-3H3. The van der Waals surface area contributed by atoms with Gasteiger partial charge in [-0.25, -0.2) is 4.79 Å². The quantitative estimate of drug-likeness (QED) is 0.735. The lowest BCUT2D eigenvalue weighted by atomic mass is 9.92. The summed E-state index contributed by atoms with van der Waals surface area (Å²) in [6, 6.07) is 4.20. The highest BCUT2D eigenvalue weighted by Crippen LogP contribution is 2.22. The first-order valence-electron chi connectivity index (χ1n) is 5.89. The Morgan fingerprint density at radius 3 is 2.06 bits per heavy atom. The monoisotopic (exact) mass is 219 g/mol.